The van der Waals surface area contributed by atoms with Crippen LogP contribution in [0.25, 0.3) is 0 Å². The normalized spacial score (nSPS) is 12.2. The fourth-order valence-corrected chi connectivity index (χ4v) is 0.942. The molecule has 1 heterocycles. The van der Waals surface area contributed by atoms with Crippen LogP contribution < -0.4 is 4.74 Å². The number of rotatable bonds is 3. The summed E-state index contributed by atoms with van der Waals surface area (Å²) in [6.45, 7) is 0. The molecule has 0 spiro atoms. The number of carboxylic acid groups (broad SMARTS) is 1. The summed E-state index contributed by atoms with van der Waals surface area (Å²) in [4.78, 5) is 13.9. The molecule has 0 saturated carbocycles. The molecular formula is C8H8FNO4. The van der Waals surface area contributed by atoms with Gasteiger partial charge in [0.15, 0.2) is 6.10 Å². The summed E-state index contributed by atoms with van der Waals surface area (Å²) in [6, 6.07) is 0.866. The second-order valence-corrected chi connectivity index (χ2v) is 2.49. The molecule has 0 saturated heterocycles. The minimum Gasteiger partial charge on any atom is -0.481 e. The first-order chi connectivity index (χ1) is 6.56. The summed E-state index contributed by atoms with van der Waals surface area (Å²) in [5, 5.41) is 17.6. The molecule has 1 aromatic rings. The number of methoxy groups -OCH3 is 1. The van der Waals surface area contributed by atoms with Gasteiger partial charge in [-0.15, -0.1) is 0 Å². The molecule has 0 fully saturated rings. The molecule has 2 N–H and O–H groups in total. The lowest BCUT2D eigenvalue weighted by Gasteiger charge is -2.09. The summed E-state index contributed by atoms with van der Waals surface area (Å²) in [5.41, 5.74) is -0.208. The van der Waals surface area contributed by atoms with Crippen LogP contribution in [0.2, 0.25) is 0 Å². The maximum atomic E-state index is 12.7. The van der Waals surface area contributed by atoms with Crippen LogP contribution in [0.1, 0.15) is 11.7 Å². The van der Waals surface area contributed by atoms with E-state index in [4.69, 9.17) is 10.2 Å². The monoisotopic (exact) mass is 201 g/mol. The zero-order chi connectivity index (χ0) is 10.7. The quantitative estimate of drug-likeness (QED) is 0.737. The van der Waals surface area contributed by atoms with E-state index < -0.39 is 17.9 Å². The van der Waals surface area contributed by atoms with Crippen molar-refractivity contribution in [3.05, 3.63) is 23.6 Å². The topological polar surface area (TPSA) is 79.7 Å². The van der Waals surface area contributed by atoms with Crippen molar-refractivity contribution in [3.8, 4) is 5.88 Å². The Morgan fingerprint density at radius 1 is 1.71 bits per heavy atom. The summed E-state index contributed by atoms with van der Waals surface area (Å²) in [5.74, 6) is -2.34. The van der Waals surface area contributed by atoms with Gasteiger partial charge in [0.1, 0.15) is 5.82 Å². The average Bonchev–Trinajstić information content (AvgIpc) is 2.16. The standard InChI is InChI=1S/C8H8FNO4/c1-14-7-5(6(11)8(12)13)2-4(9)3-10-7/h2-3,6,11H,1H3,(H,12,13). The molecule has 0 aliphatic carbocycles. The zero-order valence-corrected chi connectivity index (χ0v) is 7.27. The Morgan fingerprint density at radius 2 is 2.36 bits per heavy atom. The number of aliphatic carboxylic acids is 1. The molecule has 1 aromatic heterocycles. The highest BCUT2D eigenvalue weighted by atomic mass is 19.1. The van der Waals surface area contributed by atoms with Crippen molar-refractivity contribution in [2.75, 3.05) is 7.11 Å². The second-order valence-electron chi connectivity index (χ2n) is 2.49. The van der Waals surface area contributed by atoms with Gasteiger partial charge in [0.25, 0.3) is 0 Å². The predicted octanol–water partition coefficient (Wildman–Crippen LogP) is 0.347. The first kappa shape index (κ1) is 10.4. The highest BCUT2D eigenvalue weighted by molar-refractivity contribution is 5.74. The number of carbonyl (C=O) groups is 1. The summed E-state index contributed by atoms with van der Waals surface area (Å²) < 4.78 is 17.4. The van der Waals surface area contributed by atoms with E-state index in [0.29, 0.717) is 0 Å². The lowest BCUT2D eigenvalue weighted by molar-refractivity contribution is -0.147. The van der Waals surface area contributed by atoms with Crippen LogP contribution in [0, 0.1) is 5.82 Å². The first-order valence-electron chi connectivity index (χ1n) is 3.66. The van der Waals surface area contributed by atoms with Crippen molar-refractivity contribution in [2.24, 2.45) is 0 Å². The maximum absolute atomic E-state index is 12.7. The molecule has 0 radical (unpaired) electrons. The van der Waals surface area contributed by atoms with E-state index in [9.17, 15) is 9.18 Å². The summed E-state index contributed by atoms with van der Waals surface area (Å²) in [6.07, 6.45) is -0.968. The molecule has 0 aromatic carbocycles. The van der Waals surface area contributed by atoms with E-state index in [1.54, 1.807) is 0 Å². The van der Waals surface area contributed by atoms with Gasteiger partial charge in [-0.05, 0) is 6.07 Å². The lowest BCUT2D eigenvalue weighted by atomic mass is 10.1. The van der Waals surface area contributed by atoms with Crippen molar-refractivity contribution in [1.82, 2.24) is 4.98 Å². The van der Waals surface area contributed by atoms with Gasteiger partial charge in [0.05, 0.1) is 18.9 Å². The fourth-order valence-electron chi connectivity index (χ4n) is 0.942. The van der Waals surface area contributed by atoms with Crippen molar-refractivity contribution in [2.45, 2.75) is 6.10 Å². The molecule has 0 aliphatic rings. The van der Waals surface area contributed by atoms with Crippen LogP contribution in [0.5, 0.6) is 5.88 Å². The number of carboxylic acids is 1. The molecule has 76 valence electrons. The van der Waals surface area contributed by atoms with Gasteiger partial charge in [-0.1, -0.05) is 0 Å². The molecule has 0 amide bonds. The van der Waals surface area contributed by atoms with E-state index in [-0.39, 0.29) is 11.4 Å². The molecular weight excluding hydrogens is 193 g/mol. The second kappa shape index (κ2) is 4.01. The lowest BCUT2D eigenvalue weighted by Crippen LogP contribution is -2.12. The van der Waals surface area contributed by atoms with Crippen molar-refractivity contribution in [3.63, 3.8) is 0 Å². The number of aromatic nitrogens is 1. The van der Waals surface area contributed by atoms with E-state index in [1.807, 2.05) is 0 Å². The number of hydrogen-bond acceptors (Lipinski definition) is 4. The molecule has 1 unspecified atom stereocenters. The predicted molar refractivity (Wildman–Crippen MR) is 43.3 cm³/mol. The first-order valence-corrected chi connectivity index (χ1v) is 3.66. The van der Waals surface area contributed by atoms with Gasteiger partial charge in [-0.3, -0.25) is 0 Å². The van der Waals surface area contributed by atoms with Gasteiger partial charge < -0.3 is 14.9 Å². The molecule has 1 rings (SSSR count). The SMILES string of the molecule is COc1ncc(F)cc1C(O)C(=O)O. The third-order valence-electron chi connectivity index (χ3n) is 1.57. The Balaban J connectivity index is 3.16. The Labute approximate surface area is 78.8 Å². The Hall–Kier alpha value is -1.69. The van der Waals surface area contributed by atoms with E-state index in [2.05, 4.69) is 9.72 Å². The number of hydrogen-bond donors (Lipinski definition) is 2. The molecule has 5 nitrogen and oxygen atoms in total. The Morgan fingerprint density at radius 3 is 2.86 bits per heavy atom. The number of ether oxygens (including phenoxy) is 1. The molecule has 0 bridgehead atoms. The van der Waals surface area contributed by atoms with Gasteiger partial charge >= 0.3 is 5.97 Å². The van der Waals surface area contributed by atoms with E-state index >= 15 is 0 Å². The highest BCUT2D eigenvalue weighted by Gasteiger charge is 2.21. The minimum absolute atomic E-state index is 0.110. The average molecular weight is 201 g/mol. The smallest absolute Gasteiger partial charge is 0.337 e. The maximum Gasteiger partial charge on any atom is 0.337 e. The van der Waals surface area contributed by atoms with Crippen molar-refractivity contribution >= 4 is 5.97 Å². The van der Waals surface area contributed by atoms with Crippen LogP contribution in [0.15, 0.2) is 12.3 Å². The van der Waals surface area contributed by atoms with Crippen LogP contribution in [0.4, 0.5) is 4.39 Å². The third kappa shape index (κ3) is 1.97. The summed E-state index contributed by atoms with van der Waals surface area (Å²) in [7, 11) is 1.25. The van der Waals surface area contributed by atoms with Crippen LogP contribution >= 0.6 is 0 Å². The van der Waals surface area contributed by atoms with E-state index in [1.165, 1.54) is 7.11 Å². The minimum atomic E-state index is -1.84. The number of nitrogens with zero attached hydrogens (tertiary/aromatic N) is 1. The summed E-state index contributed by atoms with van der Waals surface area (Å²) >= 11 is 0. The van der Waals surface area contributed by atoms with E-state index in [0.717, 1.165) is 12.3 Å². The van der Waals surface area contributed by atoms with Crippen LogP contribution in [-0.2, 0) is 4.79 Å². The van der Waals surface area contributed by atoms with Gasteiger partial charge in [0, 0.05) is 0 Å². The van der Waals surface area contributed by atoms with Crippen LogP contribution in [-0.4, -0.2) is 28.3 Å². The number of aliphatic hydroxyl groups excluding tert-OH is 1. The van der Waals surface area contributed by atoms with Crippen LogP contribution in [0.3, 0.4) is 0 Å². The largest absolute Gasteiger partial charge is 0.481 e. The zero-order valence-electron chi connectivity index (χ0n) is 7.27. The van der Waals surface area contributed by atoms with Gasteiger partial charge in [0.2, 0.25) is 5.88 Å². The Bertz CT molecular complexity index is 355. The molecule has 6 heteroatoms. The van der Waals surface area contributed by atoms with Crippen molar-refractivity contribution < 1.29 is 24.1 Å². The third-order valence-corrected chi connectivity index (χ3v) is 1.57. The fraction of sp³-hybridized carbons (Fsp3) is 0.250. The Kier molecular flexibility index (Phi) is 2.98. The molecule has 1 atom stereocenters. The number of aliphatic hydroxyl groups is 1. The van der Waals surface area contributed by atoms with Gasteiger partial charge in [-0.2, -0.15) is 0 Å². The van der Waals surface area contributed by atoms with Crippen molar-refractivity contribution in [1.29, 1.82) is 0 Å². The highest BCUT2D eigenvalue weighted by Crippen LogP contribution is 2.23. The number of pyridine rings is 1. The molecule has 0 aliphatic heterocycles. The van der Waals surface area contributed by atoms with Gasteiger partial charge in [-0.25, -0.2) is 14.2 Å². The molecule has 14 heavy (non-hydrogen) atoms. The number of halogens is 1.